The molecule has 0 bridgehead atoms. The number of hydrogen-bond acceptors (Lipinski definition) is 5. The van der Waals surface area contributed by atoms with E-state index in [1.165, 1.54) is 6.92 Å². The molecule has 1 heterocycles. The van der Waals surface area contributed by atoms with Crippen LogP contribution < -0.4 is 25.0 Å². The summed E-state index contributed by atoms with van der Waals surface area (Å²) in [6.45, 7) is 1.46. The summed E-state index contributed by atoms with van der Waals surface area (Å²) in [6, 6.07) is 20.1. The first-order valence-electron chi connectivity index (χ1n) is 9.80. The number of nitrogens with zero attached hydrogens (tertiary/aromatic N) is 1. The standard InChI is InChI=1S/C24H23N3O4/c1-15(28)25-17-10-8-16(9-11-17)23-26-20-7-5-4-6-19(20)24(29)27(23)21-13-12-18(30-2)14-22(21)31-3/h4-14,23,26H,1-3H3,(H,25,28)/t23-/m0/s1. The minimum atomic E-state index is -0.476. The van der Waals surface area contributed by atoms with Gasteiger partial charge in [0.25, 0.3) is 5.91 Å². The second kappa shape index (κ2) is 8.39. The van der Waals surface area contributed by atoms with Gasteiger partial charge in [0, 0.05) is 24.4 Å². The van der Waals surface area contributed by atoms with Crippen molar-refractivity contribution in [3.05, 3.63) is 77.9 Å². The highest BCUT2D eigenvalue weighted by atomic mass is 16.5. The number of rotatable bonds is 5. The fourth-order valence-corrected chi connectivity index (χ4v) is 3.67. The summed E-state index contributed by atoms with van der Waals surface area (Å²) in [5.74, 6) is 0.870. The second-order valence-electron chi connectivity index (χ2n) is 7.11. The van der Waals surface area contributed by atoms with Crippen LogP contribution in [-0.2, 0) is 4.79 Å². The Morgan fingerprint density at radius 2 is 1.74 bits per heavy atom. The molecule has 0 aliphatic carbocycles. The molecule has 1 atom stereocenters. The maximum Gasteiger partial charge on any atom is 0.262 e. The Morgan fingerprint density at radius 1 is 1.00 bits per heavy atom. The van der Waals surface area contributed by atoms with Crippen molar-refractivity contribution in [1.82, 2.24) is 0 Å². The third kappa shape index (κ3) is 3.90. The van der Waals surface area contributed by atoms with E-state index in [0.29, 0.717) is 28.4 Å². The molecule has 0 saturated heterocycles. The van der Waals surface area contributed by atoms with Crippen molar-refractivity contribution in [3.8, 4) is 11.5 Å². The van der Waals surface area contributed by atoms with E-state index < -0.39 is 6.17 Å². The number of para-hydroxylation sites is 1. The quantitative estimate of drug-likeness (QED) is 0.642. The van der Waals surface area contributed by atoms with Crippen molar-refractivity contribution >= 4 is 28.9 Å². The van der Waals surface area contributed by atoms with Crippen molar-refractivity contribution in [2.24, 2.45) is 0 Å². The van der Waals surface area contributed by atoms with E-state index in [0.717, 1.165) is 11.3 Å². The normalized spacial score (nSPS) is 15.0. The molecule has 2 N–H and O–H groups in total. The molecule has 0 radical (unpaired) electrons. The SMILES string of the molecule is COc1ccc(N2C(=O)c3ccccc3N[C@@H]2c2ccc(NC(C)=O)cc2)c(OC)c1. The maximum absolute atomic E-state index is 13.6. The third-order valence-electron chi connectivity index (χ3n) is 5.12. The van der Waals surface area contributed by atoms with E-state index in [9.17, 15) is 9.59 Å². The molecule has 0 aromatic heterocycles. The van der Waals surface area contributed by atoms with Crippen LogP contribution in [0.4, 0.5) is 17.1 Å². The van der Waals surface area contributed by atoms with Gasteiger partial charge < -0.3 is 20.1 Å². The zero-order chi connectivity index (χ0) is 22.0. The van der Waals surface area contributed by atoms with Crippen molar-refractivity contribution in [3.63, 3.8) is 0 Å². The largest absolute Gasteiger partial charge is 0.497 e. The van der Waals surface area contributed by atoms with Crippen LogP contribution in [0, 0.1) is 0 Å². The van der Waals surface area contributed by atoms with Gasteiger partial charge in [0.2, 0.25) is 5.91 Å². The van der Waals surface area contributed by atoms with Crippen LogP contribution in [-0.4, -0.2) is 26.0 Å². The number of methoxy groups -OCH3 is 2. The van der Waals surface area contributed by atoms with Gasteiger partial charge >= 0.3 is 0 Å². The highest BCUT2D eigenvalue weighted by molar-refractivity contribution is 6.12. The second-order valence-corrected chi connectivity index (χ2v) is 7.11. The summed E-state index contributed by atoms with van der Waals surface area (Å²) < 4.78 is 10.9. The predicted molar refractivity (Wildman–Crippen MR) is 120 cm³/mol. The van der Waals surface area contributed by atoms with E-state index >= 15 is 0 Å². The topological polar surface area (TPSA) is 79.9 Å². The summed E-state index contributed by atoms with van der Waals surface area (Å²) in [5, 5.41) is 6.22. The molecule has 0 fully saturated rings. The summed E-state index contributed by atoms with van der Waals surface area (Å²) in [6.07, 6.45) is -0.476. The number of anilines is 3. The van der Waals surface area contributed by atoms with Gasteiger partial charge in [-0.3, -0.25) is 14.5 Å². The van der Waals surface area contributed by atoms with Crippen molar-refractivity contribution in [1.29, 1.82) is 0 Å². The molecule has 0 unspecified atom stereocenters. The first-order valence-corrected chi connectivity index (χ1v) is 9.80. The lowest BCUT2D eigenvalue weighted by Crippen LogP contribution is -2.43. The van der Waals surface area contributed by atoms with E-state index in [1.54, 1.807) is 37.3 Å². The number of carbonyl (C=O) groups excluding carboxylic acids is 2. The van der Waals surface area contributed by atoms with E-state index in [1.807, 2.05) is 48.5 Å². The van der Waals surface area contributed by atoms with Crippen LogP contribution in [0.1, 0.15) is 29.0 Å². The lowest BCUT2D eigenvalue weighted by atomic mass is 10.0. The number of carbonyl (C=O) groups is 2. The molecule has 3 aromatic carbocycles. The van der Waals surface area contributed by atoms with Crippen molar-refractivity contribution in [2.45, 2.75) is 13.1 Å². The molecule has 31 heavy (non-hydrogen) atoms. The lowest BCUT2D eigenvalue weighted by Gasteiger charge is -2.38. The van der Waals surface area contributed by atoms with E-state index in [-0.39, 0.29) is 11.8 Å². The Kier molecular flexibility index (Phi) is 5.49. The molecule has 2 amide bonds. The van der Waals surface area contributed by atoms with Gasteiger partial charge in [0.05, 0.1) is 25.5 Å². The highest BCUT2D eigenvalue weighted by Gasteiger charge is 2.35. The molecule has 7 heteroatoms. The number of ether oxygens (including phenoxy) is 2. The third-order valence-corrected chi connectivity index (χ3v) is 5.12. The lowest BCUT2D eigenvalue weighted by molar-refractivity contribution is -0.114. The maximum atomic E-state index is 13.6. The van der Waals surface area contributed by atoms with Crippen molar-refractivity contribution in [2.75, 3.05) is 29.8 Å². The summed E-state index contributed by atoms with van der Waals surface area (Å²) in [5.41, 5.74) is 3.49. The minimum Gasteiger partial charge on any atom is -0.497 e. The highest BCUT2D eigenvalue weighted by Crippen LogP contribution is 2.41. The Bertz CT molecular complexity index is 1130. The van der Waals surface area contributed by atoms with Crippen LogP contribution in [0.15, 0.2) is 66.7 Å². The predicted octanol–water partition coefficient (Wildman–Crippen LogP) is 4.43. The molecule has 1 aliphatic heterocycles. The number of fused-ring (bicyclic) bond motifs is 1. The molecule has 0 saturated carbocycles. The number of nitrogens with one attached hydrogen (secondary N) is 2. The Hall–Kier alpha value is -4.00. The molecular weight excluding hydrogens is 394 g/mol. The van der Waals surface area contributed by atoms with Gasteiger partial charge in [-0.1, -0.05) is 24.3 Å². The summed E-state index contributed by atoms with van der Waals surface area (Å²) >= 11 is 0. The molecule has 4 rings (SSSR count). The van der Waals surface area contributed by atoms with Crippen molar-refractivity contribution < 1.29 is 19.1 Å². The van der Waals surface area contributed by atoms with Crippen LogP contribution in [0.2, 0.25) is 0 Å². The zero-order valence-corrected chi connectivity index (χ0v) is 17.5. The first kappa shape index (κ1) is 20.3. The van der Waals surface area contributed by atoms with Gasteiger partial charge in [0.15, 0.2) is 0 Å². The fraction of sp³-hybridized carbons (Fsp3) is 0.167. The summed E-state index contributed by atoms with van der Waals surface area (Å²) in [4.78, 5) is 26.6. The molecule has 7 nitrogen and oxygen atoms in total. The minimum absolute atomic E-state index is 0.141. The van der Waals surface area contributed by atoms with Gasteiger partial charge in [-0.05, 0) is 42.0 Å². The van der Waals surface area contributed by atoms with E-state index in [2.05, 4.69) is 10.6 Å². The fourth-order valence-electron chi connectivity index (χ4n) is 3.67. The van der Waals surface area contributed by atoms with Gasteiger partial charge in [-0.25, -0.2) is 0 Å². The number of amides is 2. The summed E-state index contributed by atoms with van der Waals surface area (Å²) in [7, 11) is 3.14. The Labute approximate surface area is 180 Å². The van der Waals surface area contributed by atoms with Crippen LogP contribution in [0.5, 0.6) is 11.5 Å². The number of benzene rings is 3. The smallest absolute Gasteiger partial charge is 0.262 e. The van der Waals surface area contributed by atoms with Crippen LogP contribution >= 0.6 is 0 Å². The number of hydrogen-bond donors (Lipinski definition) is 2. The average molecular weight is 417 g/mol. The molecule has 158 valence electrons. The molecule has 1 aliphatic rings. The average Bonchev–Trinajstić information content (AvgIpc) is 2.79. The monoisotopic (exact) mass is 417 g/mol. The van der Waals surface area contributed by atoms with Gasteiger partial charge in [-0.2, -0.15) is 0 Å². The van der Waals surface area contributed by atoms with Gasteiger partial charge in [-0.15, -0.1) is 0 Å². The van der Waals surface area contributed by atoms with E-state index in [4.69, 9.17) is 9.47 Å². The van der Waals surface area contributed by atoms with Gasteiger partial charge in [0.1, 0.15) is 17.7 Å². The Morgan fingerprint density at radius 3 is 2.42 bits per heavy atom. The molecule has 3 aromatic rings. The Balaban J connectivity index is 1.82. The van der Waals surface area contributed by atoms with Crippen LogP contribution in [0.25, 0.3) is 0 Å². The molecule has 0 spiro atoms. The first-order chi connectivity index (χ1) is 15.0. The molecular formula is C24H23N3O4. The zero-order valence-electron chi connectivity index (χ0n) is 17.5. The van der Waals surface area contributed by atoms with Crippen LogP contribution in [0.3, 0.4) is 0 Å².